The van der Waals surface area contributed by atoms with E-state index in [2.05, 4.69) is 0 Å². The zero-order valence-corrected chi connectivity index (χ0v) is 12.0. The molecule has 1 spiro atoms. The first kappa shape index (κ1) is 13.5. The van der Waals surface area contributed by atoms with Crippen molar-refractivity contribution in [3.63, 3.8) is 0 Å². The van der Waals surface area contributed by atoms with Crippen molar-refractivity contribution in [1.29, 1.82) is 0 Å². The smallest absolute Gasteiger partial charge is 0.310 e. The summed E-state index contributed by atoms with van der Waals surface area (Å²) in [6.45, 7) is 1.05. The Hall–Kier alpha value is -2.14. The summed E-state index contributed by atoms with van der Waals surface area (Å²) in [5.74, 6) is -2.36. The molecule has 2 bridgehead atoms. The lowest BCUT2D eigenvalue weighted by Gasteiger charge is -2.21. The fraction of sp³-hybridized carbons (Fsp3) is 0.412. The van der Waals surface area contributed by atoms with Crippen LogP contribution in [0.4, 0.5) is 0 Å². The predicted octanol–water partition coefficient (Wildman–Crippen LogP) is 1.10. The van der Waals surface area contributed by atoms with Gasteiger partial charge in [-0.05, 0) is 12.0 Å². The van der Waals surface area contributed by atoms with Crippen LogP contribution >= 0.6 is 0 Å². The van der Waals surface area contributed by atoms with Gasteiger partial charge in [0.15, 0.2) is 0 Å². The van der Waals surface area contributed by atoms with Crippen LogP contribution in [-0.2, 0) is 20.7 Å². The monoisotopic (exact) mass is 299 g/mol. The topological polar surface area (TPSA) is 66.8 Å². The average molecular weight is 299 g/mol. The maximum absolute atomic E-state index is 12.7. The van der Waals surface area contributed by atoms with E-state index in [1.807, 2.05) is 36.4 Å². The van der Waals surface area contributed by atoms with Crippen molar-refractivity contribution in [2.24, 2.45) is 11.8 Å². The number of aliphatic carboxylic acids is 1. The second kappa shape index (κ2) is 4.68. The Labute approximate surface area is 128 Å². The molecule has 0 aromatic heterocycles. The molecule has 1 amide bonds. The van der Waals surface area contributed by atoms with Crippen LogP contribution in [0.2, 0.25) is 0 Å². The van der Waals surface area contributed by atoms with E-state index < -0.39 is 29.5 Å². The van der Waals surface area contributed by atoms with Gasteiger partial charge < -0.3 is 14.7 Å². The number of nitrogens with zero attached hydrogens (tertiary/aromatic N) is 1. The lowest BCUT2D eigenvalue weighted by Crippen LogP contribution is -2.39. The molecule has 1 aromatic rings. The maximum Gasteiger partial charge on any atom is 0.310 e. The van der Waals surface area contributed by atoms with Crippen molar-refractivity contribution >= 4 is 11.9 Å². The molecule has 2 fully saturated rings. The normalized spacial score (nSPS) is 35.2. The first-order chi connectivity index (χ1) is 10.6. The van der Waals surface area contributed by atoms with Crippen LogP contribution < -0.4 is 0 Å². The number of fused-ring (bicyclic) bond motifs is 1. The number of benzene rings is 1. The van der Waals surface area contributed by atoms with Crippen LogP contribution in [0.15, 0.2) is 42.5 Å². The molecule has 22 heavy (non-hydrogen) atoms. The minimum Gasteiger partial charge on any atom is -0.481 e. The molecule has 5 heteroatoms. The summed E-state index contributed by atoms with van der Waals surface area (Å²) in [7, 11) is 0. The molecule has 1 aromatic carbocycles. The fourth-order valence-corrected chi connectivity index (χ4v) is 3.96. The number of hydrogen-bond donors (Lipinski definition) is 1. The summed E-state index contributed by atoms with van der Waals surface area (Å²) in [5, 5.41) is 9.41. The van der Waals surface area contributed by atoms with E-state index in [4.69, 9.17) is 4.74 Å². The minimum absolute atomic E-state index is 0.0878. The number of carbonyl (C=O) groups is 2. The molecule has 0 saturated carbocycles. The minimum atomic E-state index is -0.945. The van der Waals surface area contributed by atoms with Gasteiger partial charge in [0.1, 0.15) is 11.5 Å². The summed E-state index contributed by atoms with van der Waals surface area (Å²) in [4.78, 5) is 25.9. The van der Waals surface area contributed by atoms with E-state index >= 15 is 0 Å². The summed E-state index contributed by atoms with van der Waals surface area (Å²) in [5.41, 5.74) is 0.446. The third-order valence-corrected chi connectivity index (χ3v) is 4.98. The van der Waals surface area contributed by atoms with Crippen LogP contribution in [0, 0.1) is 11.8 Å². The number of hydrogen-bond acceptors (Lipinski definition) is 3. The van der Waals surface area contributed by atoms with Crippen molar-refractivity contribution < 1.29 is 19.4 Å². The number of amides is 1. The Kier molecular flexibility index (Phi) is 2.87. The Morgan fingerprint density at radius 3 is 2.86 bits per heavy atom. The van der Waals surface area contributed by atoms with Gasteiger partial charge in [-0.2, -0.15) is 0 Å². The SMILES string of the molecule is O=C(O)[C@@H]1[C@H]2C(=O)N(CCc3ccccc3)C[C@]23C=C[C@H]1O3. The summed E-state index contributed by atoms with van der Waals surface area (Å²) in [6, 6.07) is 9.97. The number of likely N-dealkylation sites (tertiary alicyclic amines) is 1. The van der Waals surface area contributed by atoms with E-state index in [0.717, 1.165) is 6.42 Å². The molecule has 4 atom stereocenters. The van der Waals surface area contributed by atoms with Gasteiger partial charge >= 0.3 is 5.97 Å². The van der Waals surface area contributed by atoms with E-state index in [1.165, 1.54) is 5.56 Å². The van der Waals surface area contributed by atoms with E-state index in [0.29, 0.717) is 13.1 Å². The zero-order valence-electron chi connectivity index (χ0n) is 12.0. The molecular weight excluding hydrogens is 282 g/mol. The number of carboxylic acid groups (broad SMARTS) is 1. The third-order valence-electron chi connectivity index (χ3n) is 4.98. The first-order valence-electron chi connectivity index (χ1n) is 7.53. The maximum atomic E-state index is 12.7. The van der Waals surface area contributed by atoms with Crippen molar-refractivity contribution in [2.75, 3.05) is 13.1 Å². The Balaban J connectivity index is 1.53. The number of rotatable bonds is 4. The van der Waals surface area contributed by atoms with Crippen LogP contribution in [0.25, 0.3) is 0 Å². The number of carbonyl (C=O) groups excluding carboxylic acids is 1. The second-order valence-electron chi connectivity index (χ2n) is 6.23. The van der Waals surface area contributed by atoms with E-state index in [-0.39, 0.29) is 5.91 Å². The largest absolute Gasteiger partial charge is 0.481 e. The van der Waals surface area contributed by atoms with Gasteiger partial charge in [0.2, 0.25) is 5.91 Å². The third kappa shape index (κ3) is 1.82. The molecule has 0 radical (unpaired) electrons. The Morgan fingerprint density at radius 1 is 1.36 bits per heavy atom. The molecule has 0 aliphatic carbocycles. The van der Waals surface area contributed by atoms with E-state index in [9.17, 15) is 14.7 Å². The van der Waals surface area contributed by atoms with Gasteiger partial charge in [0.05, 0.1) is 18.6 Å². The van der Waals surface area contributed by atoms with Crippen molar-refractivity contribution in [1.82, 2.24) is 4.90 Å². The number of ether oxygens (including phenoxy) is 1. The average Bonchev–Trinajstić information content (AvgIpc) is 3.14. The highest BCUT2D eigenvalue weighted by atomic mass is 16.5. The van der Waals surface area contributed by atoms with Gasteiger partial charge in [-0.25, -0.2) is 0 Å². The van der Waals surface area contributed by atoms with E-state index in [1.54, 1.807) is 11.0 Å². The number of carboxylic acids is 1. The molecule has 3 aliphatic rings. The quantitative estimate of drug-likeness (QED) is 0.845. The van der Waals surface area contributed by atoms with Crippen LogP contribution in [-0.4, -0.2) is 46.7 Å². The summed E-state index contributed by atoms with van der Waals surface area (Å²) >= 11 is 0. The molecular formula is C17H17NO4. The second-order valence-corrected chi connectivity index (χ2v) is 6.23. The first-order valence-corrected chi connectivity index (χ1v) is 7.53. The molecule has 3 aliphatic heterocycles. The fourth-order valence-electron chi connectivity index (χ4n) is 3.96. The van der Waals surface area contributed by atoms with Crippen molar-refractivity contribution in [2.45, 2.75) is 18.1 Å². The standard InChI is InChI=1S/C17H17NO4/c19-15-14-13(16(20)21)12-6-8-17(14,22-12)10-18(15)9-7-11-4-2-1-3-5-11/h1-6,8,12-14H,7,9-10H2,(H,20,21)/t12-,13+,14+,17-/m1/s1. The lowest BCUT2D eigenvalue weighted by molar-refractivity contribution is -0.148. The highest BCUT2D eigenvalue weighted by Crippen LogP contribution is 2.51. The van der Waals surface area contributed by atoms with Crippen LogP contribution in [0.1, 0.15) is 5.56 Å². The van der Waals surface area contributed by atoms with Gasteiger partial charge in [0.25, 0.3) is 0 Å². The van der Waals surface area contributed by atoms with Crippen LogP contribution in [0.5, 0.6) is 0 Å². The molecule has 4 rings (SSSR count). The molecule has 5 nitrogen and oxygen atoms in total. The molecule has 3 heterocycles. The van der Waals surface area contributed by atoms with Gasteiger partial charge in [-0.15, -0.1) is 0 Å². The van der Waals surface area contributed by atoms with Crippen LogP contribution in [0.3, 0.4) is 0 Å². The molecule has 114 valence electrons. The van der Waals surface area contributed by atoms with Gasteiger partial charge in [-0.3, -0.25) is 9.59 Å². The van der Waals surface area contributed by atoms with Gasteiger partial charge in [0, 0.05) is 6.54 Å². The van der Waals surface area contributed by atoms with Crippen molar-refractivity contribution in [3.8, 4) is 0 Å². The summed E-state index contributed by atoms with van der Waals surface area (Å²) < 4.78 is 5.86. The lowest BCUT2D eigenvalue weighted by atomic mass is 9.77. The molecule has 2 saturated heterocycles. The van der Waals surface area contributed by atoms with Gasteiger partial charge in [-0.1, -0.05) is 42.5 Å². The predicted molar refractivity (Wildman–Crippen MR) is 78.1 cm³/mol. The van der Waals surface area contributed by atoms with Crippen molar-refractivity contribution in [3.05, 3.63) is 48.0 Å². The zero-order chi connectivity index (χ0) is 15.3. The molecule has 0 unspecified atom stereocenters. The molecule has 1 N–H and O–H groups in total. The Morgan fingerprint density at radius 2 is 2.14 bits per heavy atom. The summed E-state index contributed by atoms with van der Waals surface area (Å²) in [6.07, 6.45) is 3.99. The Bertz CT molecular complexity index is 656. The highest BCUT2D eigenvalue weighted by molar-refractivity contribution is 5.90. The highest BCUT2D eigenvalue weighted by Gasteiger charge is 2.66.